The van der Waals surface area contributed by atoms with Gasteiger partial charge in [0.15, 0.2) is 15.6 Å². The van der Waals surface area contributed by atoms with E-state index in [0.717, 1.165) is 24.2 Å². The van der Waals surface area contributed by atoms with Gasteiger partial charge in [-0.25, -0.2) is 8.42 Å². The average molecular weight is 307 g/mol. The fraction of sp³-hybridized carbons (Fsp3) is 0.583. The minimum atomic E-state index is -3.36. The van der Waals surface area contributed by atoms with Crippen molar-refractivity contribution in [1.29, 1.82) is 0 Å². The first kappa shape index (κ1) is 14.0. The zero-order valence-electron chi connectivity index (χ0n) is 10.1. The van der Waals surface area contributed by atoms with Crippen molar-refractivity contribution >= 4 is 38.6 Å². The van der Waals surface area contributed by atoms with Crippen molar-refractivity contribution in [3.05, 3.63) is 21.3 Å². The predicted molar refractivity (Wildman–Crippen MR) is 74.3 cm³/mol. The summed E-state index contributed by atoms with van der Waals surface area (Å²) in [5.74, 6) is -0.334. The average Bonchev–Trinajstić information content (AvgIpc) is 2.97. The second-order valence-electron chi connectivity index (χ2n) is 4.61. The summed E-state index contributed by atoms with van der Waals surface area (Å²) in [5, 5.41) is -1.30. The highest BCUT2D eigenvalue weighted by Gasteiger charge is 2.37. The lowest BCUT2D eigenvalue weighted by Crippen LogP contribution is -2.34. The van der Waals surface area contributed by atoms with E-state index in [1.165, 1.54) is 6.92 Å². The zero-order valence-corrected chi connectivity index (χ0v) is 12.4. The van der Waals surface area contributed by atoms with E-state index in [9.17, 15) is 13.2 Å². The Hall–Kier alpha value is -0.390. The molecule has 1 aliphatic carbocycles. The largest absolute Gasteiger partial charge is 0.292 e. The van der Waals surface area contributed by atoms with Crippen LogP contribution in [-0.2, 0) is 9.84 Å². The molecule has 1 saturated carbocycles. The first-order chi connectivity index (χ1) is 8.43. The highest BCUT2D eigenvalue weighted by atomic mass is 35.5. The van der Waals surface area contributed by atoms with E-state index in [1.807, 2.05) is 0 Å². The van der Waals surface area contributed by atoms with Crippen LogP contribution in [0, 0.1) is 0 Å². The van der Waals surface area contributed by atoms with E-state index in [0.29, 0.717) is 22.1 Å². The number of sulfone groups is 1. The Labute approximate surface area is 116 Å². The van der Waals surface area contributed by atoms with Crippen LogP contribution in [0.25, 0.3) is 0 Å². The van der Waals surface area contributed by atoms with Crippen LogP contribution in [0.2, 0.25) is 4.34 Å². The third kappa shape index (κ3) is 2.63. The van der Waals surface area contributed by atoms with Crippen LogP contribution < -0.4 is 0 Å². The summed E-state index contributed by atoms with van der Waals surface area (Å²) in [6, 6.07) is 3.21. The van der Waals surface area contributed by atoms with Crippen molar-refractivity contribution < 1.29 is 13.2 Å². The normalized spacial score (nSPS) is 19.0. The lowest BCUT2D eigenvalue weighted by atomic mass is 10.2. The maximum atomic E-state index is 12.3. The Morgan fingerprint density at radius 2 is 2.00 bits per heavy atom. The molecule has 1 heterocycles. The molecule has 1 aliphatic rings. The molecule has 0 amide bonds. The third-order valence-corrected chi connectivity index (χ3v) is 7.29. The van der Waals surface area contributed by atoms with Gasteiger partial charge in [-0.3, -0.25) is 4.79 Å². The van der Waals surface area contributed by atoms with E-state index in [4.69, 9.17) is 11.6 Å². The summed E-state index contributed by atoms with van der Waals surface area (Å²) >= 11 is 6.90. The number of thiophene rings is 1. The quantitative estimate of drug-likeness (QED) is 0.802. The number of hydrogen-bond donors (Lipinski definition) is 0. The second kappa shape index (κ2) is 5.31. The molecule has 1 unspecified atom stereocenters. The summed E-state index contributed by atoms with van der Waals surface area (Å²) in [7, 11) is -3.36. The van der Waals surface area contributed by atoms with Crippen LogP contribution >= 0.6 is 22.9 Å². The minimum Gasteiger partial charge on any atom is -0.292 e. The lowest BCUT2D eigenvalue weighted by molar-refractivity contribution is 0.0995. The van der Waals surface area contributed by atoms with Gasteiger partial charge in [-0.05, 0) is 31.9 Å². The molecule has 0 saturated heterocycles. The van der Waals surface area contributed by atoms with Crippen molar-refractivity contribution in [2.24, 2.45) is 0 Å². The van der Waals surface area contributed by atoms with Gasteiger partial charge in [-0.2, -0.15) is 0 Å². The smallest absolute Gasteiger partial charge is 0.190 e. The standard InChI is InChI=1S/C12H15ClO3S2/c1-8(12(14)10-6-7-11(13)17-10)18(15,16)9-4-2-3-5-9/h6-9H,2-5H2,1H3. The highest BCUT2D eigenvalue weighted by molar-refractivity contribution is 7.93. The van der Waals surface area contributed by atoms with E-state index in [1.54, 1.807) is 12.1 Å². The Bertz CT molecular complexity index is 541. The van der Waals surface area contributed by atoms with Gasteiger partial charge in [0.1, 0.15) is 5.25 Å². The van der Waals surface area contributed by atoms with Crippen LogP contribution in [0.15, 0.2) is 12.1 Å². The molecule has 3 nitrogen and oxygen atoms in total. The summed E-state index contributed by atoms with van der Waals surface area (Å²) in [5.41, 5.74) is 0. The molecule has 0 bridgehead atoms. The first-order valence-electron chi connectivity index (χ1n) is 5.95. The van der Waals surface area contributed by atoms with Gasteiger partial charge in [0.25, 0.3) is 0 Å². The van der Waals surface area contributed by atoms with Crippen molar-refractivity contribution in [3.8, 4) is 0 Å². The van der Waals surface area contributed by atoms with Crippen LogP contribution in [0.1, 0.15) is 42.3 Å². The van der Waals surface area contributed by atoms with Crippen molar-refractivity contribution in [2.45, 2.75) is 43.1 Å². The molecule has 0 N–H and O–H groups in total. The molecule has 18 heavy (non-hydrogen) atoms. The molecule has 1 aromatic heterocycles. The molecule has 0 aliphatic heterocycles. The van der Waals surface area contributed by atoms with Gasteiger partial charge < -0.3 is 0 Å². The Kier molecular flexibility index (Phi) is 4.14. The number of halogens is 1. The van der Waals surface area contributed by atoms with Gasteiger partial charge >= 0.3 is 0 Å². The molecule has 1 fully saturated rings. The van der Waals surface area contributed by atoms with E-state index in [2.05, 4.69) is 0 Å². The number of rotatable bonds is 4. The zero-order chi connectivity index (χ0) is 13.3. The topological polar surface area (TPSA) is 51.2 Å². The van der Waals surface area contributed by atoms with Crippen LogP contribution in [0.4, 0.5) is 0 Å². The van der Waals surface area contributed by atoms with Crippen molar-refractivity contribution in [3.63, 3.8) is 0 Å². The fourth-order valence-electron chi connectivity index (χ4n) is 2.30. The Balaban J connectivity index is 2.20. The number of ketones is 1. The number of carbonyl (C=O) groups is 1. The Morgan fingerprint density at radius 1 is 1.39 bits per heavy atom. The molecule has 1 atom stereocenters. The van der Waals surface area contributed by atoms with E-state index < -0.39 is 15.1 Å². The summed E-state index contributed by atoms with van der Waals surface area (Å²) in [4.78, 5) is 12.6. The highest BCUT2D eigenvalue weighted by Crippen LogP contribution is 2.30. The molecule has 6 heteroatoms. The molecular formula is C12H15ClO3S2. The van der Waals surface area contributed by atoms with Crippen molar-refractivity contribution in [2.75, 3.05) is 0 Å². The van der Waals surface area contributed by atoms with Gasteiger partial charge in [0, 0.05) is 0 Å². The maximum absolute atomic E-state index is 12.3. The van der Waals surface area contributed by atoms with E-state index in [-0.39, 0.29) is 11.0 Å². The first-order valence-corrected chi connectivity index (χ1v) is 8.75. The lowest BCUT2D eigenvalue weighted by Gasteiger charge is -2.16. The summed E-state index contributed by atoms with van der Waals surface area (Å²) in [6.45, 7) is 1.49. The molecule has 0 spiro atoms. The summed E-state index contributed by atoms with van der Waals surface area (Å²) in [6.07, 6.45) is 3.25. The molecule has 2 rings (SSSR count). The number of Topliss-reactive ketones (excluding diaryl/α,β-unsaturated/α-hetero) is 1. The molecule has 1 aromatic rings. The summed E-state index contributed by atoms with van der Waals surface area (Å²) < 4.78 is 25.1. The van der Waals surface area contributed by atoms with Gasteiger partial charge in [-0.1, -0.05) is 24.4 Å². The fourth-order valence-corrected chi connectivity index (χ4v) is 5.44. The maximum Gasteiger partial charge on any atom is 0.190 e. The molecule has 0 radical (unpaired) electrons. The van der Waals surface area contributed by atoms with Gasteiger partial charge in [-0.15, -0.1) is 11.3 Å². The van der Waals surface area contributed by atoms with Gasteiger partial charge in [0.05, 0.1) is 14.5 Å². The molecule has 0 aromatic carbocycles. The molecular weight excluding hydrogens is 292 g/mol. The predicted octanol–water partition coefficient (Wildman–Crippen LogP) is 3.33. The van der Waals surface area contributed by atoms with Gasteiger partial charge in [0.2, 0.25) is 0 Å². The van der Waals surface area contributed by atoms with E-state index >= 15 is 0 Å². The number of hydrogen-bond acceptors (Lipinski definition) is 4. The second-order valence-corrected chi connectivity index (χ2v) is 8.87. The minimum absolute atomic E-state index is 0.334. The van der Waals surface area contributed by atoms with Crippen LogP contribution in [0.3, 0.4) is 0 Å². The SMILES string of the molecule is CC(C(=O)c1ccc(Cl)s1)S(=O)(=O)C1CCCC1. The monoisotopic (exact) mass is 306 g/mol. The molecule has 100 valence electrons. The third-order valence-electron chi connectivity index (χ3n) is 3.44. The number of carbonyl (C=O) groups excluding carboxylic acids is 1. The van der Waals surface area contributed by atoms with Crippen LogP contribution in [-0.4, -0.2) is 24.7 Å². The Morgan fingerprint density at radius 3 is 2.50 bits per heavy atom. The van der Waals surface area contributed by atoms with Crippen molar-refractivity contribution in [1.82, 2.24) is 0 Å². The van der Waals surface area contributed by atoms with Crippen LogP contribution in [0.5, 0.6) is 0 Å².